The fourth-order valence-corrected chi connectivity index (χ4v) is 3.20. The van der Waals surface area contributed by atoms with Crippen LogP contribution in [0.3, 0.4) is 0 Å². The van der Waals surface area contributed by atoms with E-state index in [9.17, 15) is 9.59 Å². The third kappa shape index (κ3) is 10.3. The highest BCUT2D eigenvalue weighted by Gasteiger charge is 2.07. The van der Waals surface area contributed by atoms with Gasteiger partial charge in [0, 0.05) is 29.5 Å². The van der Waals surface area contributed by atoms with Crippen LogP contribution in [0.2, 0.25) is 0 Å². The Kier molecular flexibility index (Phi) is 11.1. The third-order valence-corrected chi connectivity index (χ3v) is 4.85. The average Bonchev–Trinajstić information content (AvgIpc) is 2.76. The number of hydrogen-bond acceptors (Lipinski definition) is 4. The van der Waals surface area contributed by atoms with Crippen molar-refractivity contribution < 1.29 is 14.3 Å². The molecule has 2 amide bonds. The molecule has 0 fully saturated rings. The van der Waals surface area contributed by atoms with E-state index in [-0.39, 0.29) is 18.4 Å². The Labute approximate surface area is 192 Å². The van der Waals surface area contributed by atoms with Crippen LogP contribution in [-0.2, 0) is 9.59 Å². The smallest absolute Gasteiger partial charge is 0.243 e. The molecule has 2 aromatic carbocycles. The van der Waals surface area contributed by atoms with Crippen LogP contribution in [0.1, 0.15) is 59.3 Å². The van der Waals surface area contributed by atoms with Gasteiger partial charge in [0.1, 0.15) is 5.75 Å². The van der Waals surface area contributed by atoms with Crippen molar-refractivity contribution in [1.82, 2.24) is 0 Å². The summed E-state index contributed by atoms with van der Waals surface area (Å²) < 4.78 is 5.82. The first-order valence-electron chi connectivity index (χ1n) is 11.6. The number of anilines is 3. The number of rotatable bonds is 14. The van der Waals surface area contributed by atoms with Crippen LogP contribution in [0.5, 0.6) is 5.75 Å². The minimum absolute atomic E-state index is 0.0105. The molecule has 0 bridgehead atoms. The fraction of sp³-hybridized carbons (Fsp3) is 0.462. The molecule has 2 rings (SSSR count). The van der Waals surface area contributed by atoms with Crippen molar-refractivity contribution >= 4 is 28.9 Å². The van der Waals surface area contributed by atoms with Crippen LogP contribution in [0.15, 0.2) is 48.5 Å². The summed E-state index contributed by atoms with van der Waals surface area (Å²) in [6.45, 7) is 7.08. The van der Waals surface area contributed by atoms with E-state index in [4.69, 9.17) is 4.74 Å². The molecule has 0 atom stereocenters. The van der Waals surface area contributed by atoms with Gasteiger partial charge in [-0.1, -0.05) is 52.5 Å². The molecular weight excluding hydrogens is 402 g/mol. The number of carbonyl (C=O) groups excluding carboxylic acids is 2. The molecule has 0 aromatic heterocycles. The summed E-state index contributed by atoms with van der Waals surface area (Å²) in [5, 5.41) is 8.84. The van der Waals surface area contributed by atoms with Crippen molar-refractivity contribution in [2.24, 2.45) is 5.92 Å². The summed E-state index contributed by atoms with van der Waals surface area (Å²) in [7, 11) is 0. The zero-order valence-corrected chi connectivity index (χ0v) is 19.6. The Bertz CT molecular complexity index is 834. The van der Waals surface area contributed by atoms with E-state index in [1.807, 2.05) is 38.1 Å². The van der Waals surface area contributed by atoms with E-state index < -0.39 is 0 Å². The first-order chi connectivity index (χ1) is 15.5. The Hall–Kier alpha value is -3.02. The van der Waals surface area contributed by atoms with Gasteiger partial charge in [-0.05, 0) is 48.7 Å². The van der Waals surface area contributed by atoms with Crippen LogP contribution in [0, 0.1) is 5.92 Å². The van der Waals surface area contributed by atoms with Crippen molar-refractivity contribution in [2.75, 3.05) is 29.1 Å². The van der Waals surface area contributed by atoms with Crippen molar-refractivity contribution in [2.45, 2.75) is 59.3 Å². The maximum Gasteiger partial charge on any atom is 0.243 e. The lowest BCUT2D eigenvalue weighted by Gasteiger charge is -2.11. The zero-order valence-electron chi connectivity index (χ0n) is 19.6. The molecule has 0 aliphatic carbocycles. The molecule has 0 radical (unpaired) electrons. The minimum atomic E-state index is -0.149. The van der Waals surface area contributed by atoms with Gasteiger partial charge >= 0.3 is 0 Å². The molecule has 0 aliphatic heterocycles. The van der Waals surface area contributed by atoms with Crippen LogP contribution >= 0.6 is 0 Å². The van der Waals surface area contributed by atoms with Crippen LogP contribution in [0.25, 0.3) is 0 Å². The molecule has 2 aromatic rings. The Morgan fingerprint density at radius 1 is 0.844 bits per heavy atom. The fourth-order valence-electron chi connectivity index (χ4n) is 3.20. The maximum absolute atomic E-state index is 12.3. The lowest BCUT2D eigenvalue weighted by Crippen LogP contribution is -2.21. The molecule has 6 heteroatoms. The first kappa shape index (κ1) is 25.2. The highest BCUT2D eigenvalue weighted by molar-refractivity contribution is 5.94. The van der Waals surface area contributed by atoms with Gasteiger partial charge in [0.05, 0.1) is 13.2 Å². The van der Waals surface area contributed by atoms with E-state index in [0.29, 0.717) is 30.3 Å². The highest BCUT2D eigenvalue weighted by atomic mass is 16.5. The Morgan fingerprint density at radius 3 is 2.16 bits per heavy atom. The van der Waals surface area contributed by atoms with Crippen molar-refractivity contribution in [3.8, 4) is 5.75 Å². The van der Waals surface area contributed by atoms with Gasteiger partial charge in [-0.2, -0.15) is 0 Å². The Morgan fingerprint density at radius 2 is 1.50 bits per heavy atom. The average molecular weight is 440 g/mol. The molecule has 0 heterocycles. The monoisotopic (exact) mass is 439 g/mol. The number of carbonyl (C=O) groups is 2. The van der Waals surface area contributed by atoms with E-state index in [2.05, 4.69) is 22.9 Å². The summed E-state index contributed by atoms with van der Waals surface area (Å²) in [5.41, 5.74) is 2.24. The molecule has 0 unspecified atom stereocenters. The lowest BCUT2D eigenvalue weighted by molar-refractivity contribution is -0.117. The number of amides is 2. The first-order valence-corrected chi connectivity index (χ1v) is 11.6. The third-order valence-electron chi connectivity index (χ3n) is 4.85. The molecule has 3 N–H and O–H groups in total. The second-order valence-electron chi connectivity index (χ2n) is 8.42. The summed E-state index contributed by atoms with van der Waals surface area (Å²) in [5.74, 6) is 0.956. The minimum Gasteiger partial charge on any atom is -0.494 e. The largest absolute Gasteiger partial charge is 0.494 e. The van der Waals surface area contributed by atoms with Crippen molar-refractivity contribution in [3.05, 3.63) is 48.5 Å². The predicted molar refractivity (Wildman–Crippen MR) is 132 cm³/mol. The second-order valence-corrected chi connectivity index (χ2v) is 8.42. The number of unbranched alkanes of at least 4 members (excludes halogenated alkanes) is 4. The van der Waals surface area contributed by atoms with E-state index in [1.54, 1.807) is 24.3 Å². The predicted octanol–water partition coefficient (Wildman–Crippen LogP) is 6.07. The second kappa shape index (κ2) is 14.1. The number of benzene rings is 2. The summed E-state index contributed by atoms with van der Waals surface area (Å²) >= 11 is 0. The van der Waals surface area contributed by atoms with Gasteiger partial charge in [0.25, 0.3) is 0 Å². The van der Waals surface area contributed by atoms with Gasteiger partial charge in [0.15, 0.2) is 0 Å². The SMILES string of the molecule is CCCCCCCOc1cccc(NCC(=O)Nc2ccc(NC(=O)CC(C)C)cc2)c1. The number of ether oxygens (including phenoxy) is 1. The standard InChI is InChI=1S/C26H37N3O3/c1-4-5-6-7-8-16-32-24-11-9-10-23(18-24)27-19-26(31)29-22-14-12-21(13-15-22)28-25(30)17-20(2)3/h9-15,18,20,27H,4-8,16-17,19H2,1-3H3,(H,28,30)(H,29,31). The highest BCUT2D eigenvalue weighted by Crippen LogP contribution is 2.18. The van der Waals surface area contributed by atoms with Crippen LogP contribution in [-0.4, -0.2) is 25.0 Å². The van der Waals surface area contributed by atoms with E-state index >= 15 is 0 Å². The summed E-state index contributed by atoms with van der Waals surface area (Å²) in [6, 6.07) is 14.8. The molecule has 32 heavy (non-hydrogen) atoms. The van der Waals surface area contributed by atoms with E-state index in [1.165, 1.54) is 25.7 Å². The topological polar surface area (TPSA) is 79.5 Å². The van der Waals surface area contributed by atoms with Gasteiger partial charge in [-0.25, -0.2) is 0 Å². The molecule has 174 valence electrons. The van der Waals surface area contributed by atoms with Gasteiger partial charge in [0.2, 0.25) is 11.8 Å². The Balaban J connectivity index is 1.73. The molecule has 6 nitrogen and oxygen atoms in total. The summed E-state index contributed by atoms with van der Waals surface area (Å²) in [4.78, 5) is 24.1. The molecule has 0 saturated carbocycles. The number of nitrogens with one attached hydrogen (secondary N) is 3. The molecular formula is C26H37N3O3. The van der Waals surface area contributed by atoms with Crippen molar-refractivity contribution in [3.63, 3.8) is 0 Å². The maximum atomic E-state index is 12.3. The van der Waals surface area contributed by atoms with Gasteiger partial charge in [-0.3, -0.25) is 9.59 Å². The summed E-state index contributed by atoms with van der Waals surface area (Å²) in [6.07, 6.45) is 6.50. The molecule has 0 saturated heterocycles. The number of hydrogen-bond donors (Lipinski definition) is 3. The van der Waals surface area contributed by atoms with Crippen LogP contribution < -0.4 is 20.7 Å². The molecule has 0 spiro atoms. The lowest BCUT2D eigenvalue weighted by atomic mass is 10.1. The van der Waals surface area contributed by atoms with Gasteiger partial charge in [-0.15, -0.1) is 0 Å². The molecule has 0 aliphatic rings. The van der Waals surface area contributed by atoms with Crippen molar-refractivity contribution in [1.29, 1.82) is 0 Å². The van der Waals surface area contributed by atoms with E-state index in [0.717, 1.165) is 17.9 Å². The zero-order chi connectivity index (χ0) is 23.2. The van der Waals surface area contributed by atoms with Crippen LogP contribution in [0.4, 0.5) is 17.1 Å². The quantitative estimate of drug-likeness (QED) is 0.312. The normalized spacial score (nSPS) is 10.6. The van der Waals surface area contributed by atoms with Gasteiger partial charge < -0.3 is 20.7 Å².